The Balaban J connectivity index is 1.87. The van der Waals surface area contributed by atoms with E-state index in [2.05, 4.69) is 26.0 Å². The third-order valence-corrected chi connectivity index (χ3v) is 5.95. The molecule has 0 aliphatic rings. The van der Waals surface area contributed by atoms with Crippen molar-refractivity contribution in [1.29, 1.82) is 0 Å². The molecule has 0 radical (unpaired) electrons. The first-order valence-corrected chi connectivity index (χ1v) is 10.2. The van der Waals surface area contributed by atoms with E-state index in [1.165, 1.54) is 12.1 Å². The van der Waals surface area contributed by atoms with E-state index in [0.717, 1.165) is 10.0 Å². The standard InChI is InChI=1S/C17H18BrClN2O3S/c1-12(13-5-4-6-14(18)11-13)21-17(22)9-10-20-25(23,24)16-8-3-2-7-15(16)19/h2-8,11-12,20H,9-10H2,1H3,(H,21,22). The first kappa shape index (κ1) is 19.9. The Kier molecular flexibility index (Phi) is 7.01. The summed E-state index contributed by atoms with van der Waals surface area (Å²) in [5.74, 6) is -0.241. The maximum absolute atomic E-state index is 12.2. The van der Waals surface area contributed by atoms with Crippen LogP contribution in [0.5, 0.6) is 0 Å². The molecule has 134 valence electrons. The van der Waals surface area contributed by atoms with E-state index in [4.69, 9.17) is 11.6 Å². The van der Waals surface area contributed by atoms with Crippen LogP contribution in [0.25, 0.3) is 0 Å². The molecule has 0 aromatic heterocycles. The Bertz CT molecular complexity index is 858. The third kappa shape index (κ3) is 5.81. The summed E-state index contributed by atoms with van der Waals surface area (Å²) < 4.78 is 27.7. The van der Waals surface area contributed by atoms with Crippen LogP contribution in [0.1, 0.15) is 24.9 Å². The average molecular weight is 446 g/mol. The molecule has 0 fully saturated rings. The summed E-state index contributed by atoms with van der Waals surface area (Å²) in [4.78, 5) is 12.0. The van der Waals surface area contributed by atoms with Crippen LogP contribution < -0.4 is 10.0 Å². The largest absolute Gasteiger partial charge is 0.350 e. The Morgan fingerprint density at radius 2 is 1.92 bits per heavy atom. The minimum absolute atomic E-state index is 0.000390. The minimum atomic E-state index is -3.74. The van der Waals surface area contributed by atoms with Crippen molar-refractivity contribution in [1.82, 2.24) is 10.0 Å². The molecule has 1 amide bonds. The van der Waals surface area contributed by atoms with E-state index in [1.807, 2.05) is 31.2 Å². The van der Waals surface area contributed by atoms with Crippen molar-refractivity contribution in [3.63, 3.8) is 0 Å². The fourth-order valence-corrected chi connectivity index (χ4v) is 4.18. The summed E-state index contributed by atoms with van der Waals surface area (Å²) in [5, 5.41) is 2.98. The fraction of sp³-hybridized carbons (Fsp3) is 0.235. The lowest BCUT2D eigenvalue weighted by Crippen LogP contribution is -2.32. The molecule has 8 heteroatoms. The molecule has 0 aliphatic carbocycles. The molecule has 2 rings (SSSR count). The van der Waals surface area contributed by atoms with Gasteiger partial charge in [0.15, 0.2) is 0 Å². The molecule has 0 spiro atoms. The van der Waals surface area contributed by atoms with Crippen molar-refractivity contribution in [3.8, 4) is 0 Å². The zero-order valence-electron chi connectivity index (χ0n) is 13.5. The van der Waals surface area contributed by atoms with Crippen LogP contribution in [-0.2, 0) is 14.8 Å². The molecule has 2 aromatic carbocycles. The van der Waals surface area contributed by atoms with Crippen molar-refractivity contribution < 1.29 is 13.2 Å². The second-order valence-corrected chi connectivity index (χ2v) is 8.48. The molecule has 0 aliphatic heterocycles. The highest BCUT2D eigenvalue weighted by Crippen LogP contribution is 2.20. The molecule has 0 heterocycles. The van der Waals surface area contributed by atoms with Gasteiger partial charge in [0, 0.05) is 17.4 Å². The van der Waals surface area contributed by atoms with Gasteiger partial charge in [-0.2, -0.15) is 0 Å². The molecule has 2 N–H and O–H groups in total. The van der Waals surface area contributed by atoms with Crippen molar-refractivity contribution >= 4 is 43.5 Å². The molecule has 1 atom stereocenters. The molecule has 2 aromatic rings. The predicted octanol–water partition coefficient (Wildman–Crippen LogP) is 3.65. The second kappa shape index (κ2) is 8.80. The zero-order valence-corrected chi connectivity index (χ0v) is 16.7. The smallest absolute Gasteiger partial charge is 0.242 e. The van der Waals surface area contributed by atoms with Gasteiger partial charge in [-0.3, -0.25) is 4.79 Å². The van der Waals surface area contributed by atoms with Crippen LogP contribution in [0.3, 0.4) is 0 Å². The molecule has 0 saturated carbocycles. The van der Waals surface area contributed by atoms with Crippen molar-refractivity contribution in [2.75, 3.05) is 6.54 Å². The van der Waals surface area contributed by atoms with E-state index in [-0.39, 0.29) is 34.8 Å². The second-order valence-electron chi connectivity index (χ2n) is 5.42. The molecular weight excluding hydrogens is 428 g/mol. The Morgan fingerprint density at radius 1 is 1.20 bits per heavy atom. The summed E-state index contributed by atoms with van der Waals surface area (Å²) in [6.45, 7) is 1.86. The summed E-state index contributed by atoms with van der Waals surface area (Å²) in [5.41, 5.74) is 0.958. The molecule has 25 heavy (non-hydrogen) atoms. The summed E-state index contributed by atoms with van der Waals surface area (Å²) >= 11 is 9.29. The third-order valence-electron chi connectivity index (χ3n) is 3.50. The number of sulfonamides is 1. The highest BCUT2D eigenvalue weighted by molar-refractivity contribution is 9.10. The zero-order chi connectivity index (χ0) is 18.4. The number of benzene rings is 2. The Morgan fingerprint density at radius 3 is 2.60 bits per heavy atom. The van der Waals surface area contributed by atoms with Gasteiger partial charge in [-0.1, -0.05) is 51.8 Å². The molecular formula is C17H18BrClN2O3S. The number of carbonyl (C=O) groups excluding carboxylic acids is 1. The number of nitrogens with one attached hydrogen (secondary N) is 2. The van der Waals surface area contributed by atoms with Gasteiger partial charge in [-0.05, 0) is 36.8 Å². The Hall–Kier alpha value is -1.41. The van der Waals surface area contributed by atoms with Gasteiger partial charge < -0.3 is 5.32 Å². The van der Waals surface area contributed by atoms with Gasteiger partial charge in [0.1, 0.15) is 4.90 Å². The van der Waals surface area contributed by atoms with Crippen LogP contribution in [0, 0.1) is 0 Å². The van der Waals surface area contributed by atoms with E-state index in [9.17, 15) is 13.2 Å². The first-order valence-electron chi connectivity index (χ1n) is 7.58. The topological polar surface area (TPSA) is 75.3 Å². The van der Waals surface area contributed by atoms with E-state index >= 15 is 0 Å². The number of carbonyl (C=O) groups is 1. The fourth-order valence-electron chi connectivity index (χ4n) is 2.21. The summed E-state index contributed by atoms with van der Waals surface area (Å²) in [7, 11) is -3.74. The van der Waals surface area contributed by atoms with Crippen molar-refractivity contribution in [3.05, 3.63) is 63.6 Å². The summed E-state index contributed by atoms with van der Waals surface area (Å²) in [6.07, 6.45) is 0.0298. The molecule has 0 bridgehead atoms. The minimum Gasteiger partial charge on any atom is -0.350 e. The SMILES string of the molecule is CC(NC(=O)CCNS(=O)(=O)c1ccccc1Cl)c1cccc(Br)c1. The number of hydrogen-bond acceptors (Lipinski definition) is 3. The maximum atomic E-state index is 12.2. The summed E-state index contributed by atoms with van der Waals surface area (Å²) in [6, 6.07) is 13.6. The average Bonchev–Trinajstić information content (AvgIpc) is 2.54. The van der Waals surface area contributed by atoms with Crippen LogP contribution in [-0.4, -0.2) is 20.9 Å². The number of amides is 1. The van der Waals surface area contributed by atoms with Crippen molar-refractivity contribution in [2.45, 2.75) is 24.3 Å². The number of halogens is 2. The lowest BCUT2D eigenvalue weighted by atomic mass is 10.1. The van der Waals surface area contributed by atoms with E-state index in [0.29, 0.717) is 0 Å². The highest BCUT2D eigenvalue weighted by Gasteiger charge is 2.17. The predicted molar refractivity (Wildman–Crippen MR) is 102 cm³/mol. The monoisotopic (exact) mass is 444 g/mol. The van der Waals surface area contributed by atoms with Crippen molar-refractivity contribution in [2.24, 2.45) is 0 Å². The quantitative estimate of drug-likeness (QED) is 0.683. The maximum Gasteiger partial charge on any atom is 0.242 e. The van der Waals surface area contributed by atoms with Crippen LogP contribution in [0.2, 0.25) is 5.02 Å². The first-order chi connectivity index (χ1) is 11.8. The molecule has 0 saturated heterocycles. The number of rotatable bonds is 7. The molecule has 5 nitrogen and oxygen atoms in total. The van der Waals surface area contributed by atoms with Gasteiger partial charge >= 0.3 is 0 Å². The van der Waals surface area contributed by atoms with Gasteiger partial charge in [-0.25, -0.2) is 13.1 Å². The Labute approximate surface area is 161 Å². The lowest BCUT2D eigenvalue weighted by molar-refractivity contribution is -0.121. The van der Waals surface area contributed by atoms with E-state index < -0.39 is 10.0 Å². The normalized spacial score (nSPS) is 12.6. The van der Waals surface area contributed by atoms with Gasteiger partial charge in [0.05, 0.1) is 11.1 Å². The van der Waals surface area contributed by atoms with E-state index in [1.54, 1.807) is 12.1 Å². The van der Waals surface area contributed by atoms with Crippen LogP contribution in [0.4, 0.5) is 0 Å². The van der Waals surface area contributed by atoms with Gasteiger partial charge in [0.2, 0.25) is 15.9 Å². The molecule has 1 unspecified atom stereocenters. The lowest BCUT2D eigenvalue weighted by Gasteiger charge is -2.15. The van der Waals surface area contributed by atoms with Gasteiger partial charge in [0.25, 0.3) is 0 Å². The number of hydrogen-bond donors (Lipinski definition) is 2. The van der Waals surface area contributed by atoms with Crippen LogP contribution >= 0.6 is 27.5 Å². The van der Waals surface area contributed by atoms with Crippen LogP contribution in [0.15, 0.2) is 57.9 Å². The highest BCUT2D eigenvalue weighted by atomic mass is 79.9. The van der Waals surface area contributed by atoms with Gasteiger partial charge in [-0.15, -0.1) is 0 Å².